The molecule has 37 heavy (non-hydrogen) atoms. The number of nitro benzene ring substituents is 1. The molecule has 0 N–H and O–H groups in total. The molecule has 10 nitrogen and oxygen atoms in total. The average Bonchev–Trinajstić information content (AvgIpc) is 3.21. The van der Waals surface area contributed by atoms with E-state index < -0.39 is 46.1 Å². The van der Waals surface area contributed by atoms with E-state index in [-0.39, 0.29) is 11.5 Å². The number of rotatable bonds is 3. The van der Waals surface area contributed by atoms with Gasteiger partial charge in [0.15, 0.2) is 5.78 Å². The molecule has 2 spiro atoms. The summed E-state index contributed by atoms with van der Waals surface area (Å²) in [7, 11) is 0. The Balaban J connectivity index is 1.58. The van der Waals surface area contributed by atoms with Gasteiger partial charge in [-0.3, -0.25) is 29.5 Å². The van der Waals surface area contributed by atoms with Crippen molar-refractivity contribution in [2.45, 2.75) is 62.8 Å². The lowest BCUT2D eigenvalue weighted by Crippen LogP contribution is -2.60. The Labute approximate surface area is 212 Å². The first-order valence-corrected chi connectivity index (χ1v) is 12.4. The van der Waals surface area contributed by atoms with Crippen molar-refractivity contribution in [3.05, 3.63) is 75.3 Å². The lowest BCUT2D eigenvalue weighted by molar-refractivity contribution is -0.384. The highest BCUT2D eigenvalue weighted by molar-refractivity contribution is 6.07. The van der Waals surface area contributed by atoms with Crippen LogP contribution in [0.4, 0.5) is 5.69 Å². The van der Waals surface area contributed by atoms with Crippen LogP contribution in [0.15, 0.2) is 53.6 Å². The summed E-state index contributed by atoms with van der Waals surface area (Å²) in [5, 5.41) is 17.4. The van der Waals surface area contributed by atoms with Gasteiger partial charge in [0.1, 0.15) is 12.1 Å². The zero-order valence-corrected chi connectivity index (χ0v) is 20.2. The maximum absolute atomic E-state index is 14.3. The van der Waals surface area contributed by atoms with Crippen molar-refractivity contribution in [2.24, 2.45) is 10.5 Å². The number of fused-ring (bicyclic) bond motifs is 4. The monoisotopic (exact) mass is 503 g/mol. The van der Waals surface area contributed by atoms with Gasteiger partial charge in [-0.15, -0.1) is 0 Å². The van der Waals surface area contributed by atoms with Gasteiger partial charge in [0.05, 0.1) is 11.1 Å². The Morgan fingerprint density at radius 1 is 1.03 bits per heavy atom. The molecule has 0 aromatic heterocycles. The minimum atomic E-state index is -1.94. The largest absolute Gasteiger partial charge is 0.422 e. The van der Waals surface area contributed by atoms with Crippen molar-refractivity contribution >= 4 is 29.6 Å². The van der Waals surface area contributed by atoms with E-state index in [1.165, 1.54) is 36.2 Å². The lowest BCUT2D eigenvalue weighted by atomic mass is 9.65. The number of Topliss-reactive ketones (excluding diaryl/α,β-unsaturated/α-hetero) is 1. The summed E-state index contributed by atoms with van der Waals surface area (Å²) in [6.07, 6.45) is 4.92. The number of esters is 2. The molecular weight excluding hydrogens is 478 g/mol. The van der Waals surface area contributed by atoms with Gasteiger partial charge >= 0.3 is 11.9 Å². The van der Waals surface area contributed by atoms with Crippen LogP contribution in [0.25, 0.3) is 0 Å². The third-order valence-corrected chi connectivity index (χ3v) is 8.14. The quantitative estimate of drug-likeness (QED) is 0.268. The number of hydrogen-bond acceptors (Lipinski definition) is 9. The van der Waals surface area contributed by atoms with E-state index in [2.05, 4.69) is 5.10 Å². The zero-order chi connectivity index (χ0) is 25.9. The molecule has 0 bridgehead atoms. The van der Waals surface area contributed by atoms with Crippen molar-refractivity contribution in [1.29, 1.82) is 0 Å². The van der Waals surface area contributed by atoms with Gasteiger partial charge in [-0.25, -0.2) is 0 Å². The molecular formula is C27H25N3O7. The first-order chi connectivity index (χ1) is 17.8. The number of hydrogen-bond donors (Lipinski definition) is 0. The van der Waals surface area contributed by atoms with Crippen LogP contribution in [0.5, 0.6) is 0 Å². The number of ether oxygens (including phenoxy) is 2. The fraction of sp³-hybridized carbons (Fsp3) is 0.407. The molecule has 6 rings (SSSR count). The molecule has 2 aromatic rings. The second kappa shape index (κ2) is 8.22. The van der Waals surface area contributed by atoms with Crippen LogP contribution in [0.1, 0.15) is 67.7 Å². The first kappa shape index (κ1) is 23.3. The van der Waals surface area contributed by atoms with E-state index in [1.807, 2.05) is 12.1 Å². The Kier molecular flexibility index (Phi) is 5.18. The molecule has 3 heterocycles. The normalized spacial score (nSPS) is 26.8. The zero-order valence-electron chi connectivity index (χ0n) is 20.2. The number of non-ortho nitro benzene ring substituents is 1. The van der Waals surface area contributed by atoms with Crippen LogP contribution in [0, 0.1) is 15.5 Å². The average molecular weight is 504 g/mol. The van der Waals surface area contributed by atoms with Crippen LogP contribution in [-0.4, -0.2) is 45.7 Å². The van der Waals surface area contributed by atoms with Gasteiger partial charge < -0.3 is 9.47 Å². The number of ketones is 1. The van der Waals surface area contributed by atoms with E-state index >= 15 is 0 Å². The van der Waals surface area contributed by atoms with Crippen molar-refractivity contribution < 1.29 is 28.8 Å². The minimum Gasteiger partial charge on any atom is -0.422 e. The van der Waals surface area contributed by atoms with Gasteiger partial charge in [-0.1, -0.05) is 42.8 Å². The van der Waals surface area contributed by atoms with Gasteiger partial charge in [-0.2, -0.15) is 5.10 Å². The van der Waals surface area contributed by atoms with Crippen LogP contribution >= 0.6 is 0 Å². The topological polar surface area (TPSA) is 128 Å². The third kappa shape index (κ3) is 3.24. The predicted octanol–water partition coefficient (Wildman–Crippen LogP) is 3.79. The molecule has 0 radical (unpaired) electrons. The molecule has 0 amide bonds. The standard InChI is InChI=1S/C27H25N3O7/c1-16(31)22-21(17-9-11-19(12-10-17)30(34)35)27(23-20-8-4-3-7-18(20)15-28-29(22)23)24(32)36-26(37-25(27)33)13-5-2-6-14-26/h3-4,7-12,15,21-23H,2,5-6,13-14H2,1H3/t21-,22-,23+/m1/s1. The number of nitrogens with zero attached hydrogens (tertiary/aromatic N) is 3. The molecule has 1 saturated carbocycles. The van der Waals surface area contributed by atoms with E-state index in [0.29, 0.717) is 29.5 Å². The van der Waals surface area contributed by atoms with Crippen molar-refractivity contribution in [3.8, 4) is 0 Å². The van der Waals surface area contributed by atoms with Crippen LogP contribution in [-0.2, 0) is 23.9 Å². The fourth-order valence-electron chi connectivity index (χ4n) is 6.53. The fourth-order valence-corrected chi connectivity index (χ4v) is 6.53. The van der Waals surface area contributed by atoms with Crippen molar-refractivity contribution in [2.75, 3.05) is 0 Å². The van der Waals surface area contributed by atoms with E-state index in [0.717, 1.165) is 19.3 Å². The van der Waals surface area contributed by atoms with E-state index in [4.69, 9.17) is 9.47 Å². The van der Waals surface area contributed by atoms with Gasteiger partial charge in [0, 0.05) is 30.9 Å². The van der Waals surface area contributed by atoms with Crippen LogP contribution in [0.2, 0.25) is 0 Å². The molecule has 2 aromatic carbocycles. The highest BCUT2D eigenvalue weighted by Crippen LogP contribution is 2.63. The van der Waals surface area contributed by atoms with E-state index in [1.54, 1.807) is 18.3 Å². The molecule has 3 aliphatic heterocycles. The van der Waals surface area contributed by atoms with E-state index in [9.17, 15) is 24.5 Å². The molecule has 1 aliphatic carbocycles. The Morgan fingerprint density at radius 3 is 2.30 bits per heavy atom. The second-order valence-electron chi connectivity index (χ2n) is 10.2. The lowest BCUT2D eigenvalue weighted by Gasteiger charge is -2.47. The summed E-state index contributed by atoms with van der Waals surface area (Å²) in [6, 6.07) is 10.9. The van der Waals surface area contributed by atoms with Gasteiger partial charge in [0.25, 0.3) is 11.5 Å². The Bertz CT molecular complexity index is 1330. The maximum Gasteiger partial charge on any atom is 0.330 e. The maximum atomic E-state index is 14.3. The highest BCUT2D eigenvalue weighted by Gasteiger charge is 2.75. The molecule has 3 atom stereocenters. The number of carbonyl (C=O) groups excluding carboxylic acids is 3. The summed E-state index contributed by atoms with van der Waals surface area (Å²) in [6.45, 7) is 1.39. The van der Waals surface area contributed by atoms with Crippen LogP contribution in [0.3, 0.4) is 0 Å². The number of hydrazone groups is 1. The van der Waals surface area contributed by atoms with Crippen molar-refractivity contribution in [1.82, 2.24) is 5.01 Å². The minimum absolute atomic E-state index is 0.147. The summed E-state index contributed by atoms with van der Waals surface area (Å²) in [5.74, 6) is -4.16. The van der Waals surface area contributed by atoms with Gasteiger partial charge in [0.2, 0.25) is 5.41 Å². The summed E-state index contributed by atoms with van der Waals surface area (Å²) >= 11 is 0. The highest BCUT2D eigenvalue weighted by atomic mass is 16.7. The van der Waals surface area contributed by atoms with Crippen molar-refractivity contribution in [3.63, 3.8) is 0 Å². The summed E-state index contributed by atoms with van der Waals surface area (Å²) in [4.78, 5) is 52.5. The SMILES string of the molecule is CC(=O)[C@@H]1[C@@H](c2ccc([N+](=O)[O-])cc2)C2(C(=O)OC3(CCCCC3)OC2=O)[C@@H]2c3ccccc3C=NN12. The summed E-state index contributed by atoms with van der Waals surface area (Å²) < 4.78 is 12.1. The Morgan fingerprint density at radius 2 is 1.68 bits per heavy atom. The predicted molar refractivity (Wildman–Crippen MR) is 129 cm³/mol. The third-order valence-electron chi connectivity index (χ3n) is 8.14. The summed E-state index contributed by atoms with van der Waals surface area (Å²) in [5.41, 5.74) is -0.300. The smallest absolute Gasteiger partial charge is 0.330 e. The molecule has 10 heteroatoms. The molecule has 3 fully saturated rings. The Hall–Kier alpha value is -4.08. The molecule has 2 saturated heterocycles. The molecule has 190 valence electrons. The molecule has 4 aliphatic rings. The second-order valence-corrected chi connectivity index (χ2v) is 10.2. The first-order valence-electron chi connectivity index (χ1n) is 12.4. The number of carbonyl (C=O) groups is 3. The van der Waals surface area contributed by atoms with Crippen LogP contribution < -0.4 is 0 Å². The number of nitro groups is 1. The number of benzene rings is 2. The molecule has 0 unspecified atom stereocenters. The van der Waals surface area contributed by atoms with Gasteiger partial charge in [-0.05, 0) is 36.5 Å².